The minimum Gasteiger partial charge on any atom is -0.387 e. The molecule has 0 bridgehead atoms. The number of benzene rings is 2. The van der Waals surface area contributed by atoms with Gasteiger partial charge in [-0.25, -0.2) is 8.42 Å². The molecule has 0 saturated carbocycles. The summed E-state index contributed by atoms with van der Waals surface area (Å²) in [7, 11) is -3.19. The molecule has 2 aromatic rings. The summed E-state index contributed by atoms with van der Waals surface area (Å²) in [5.74, 6) is -0.249. The van der Waals surface area contributed by atoms with Crippen molar-refractivity contribution in [3.05, 3.63) is 48.0 Å². The molecule has 0 aromatic heterocycles. The van der Waals surface area contributed by atoms with Crippen LogP contribution in [0, 0.1) is 0 Å². The number of hydrogen-bond donors (Lipinski definition) is 1. The van der Waals surface area contributed by atoms with E-state index in [1.807, 2.05) is 36.4 Å². The molecule has 0 spiro atoms. The van der Waals surface area contributed by atoms with Crippen LogP contribution in [0.4, 0.5) is 0 Å². The van der Waals surface area contributed by atoms with Crippen LogP contribution >= 0.6 is 0 Å². The number of hydrogen-bond acceptors (Lipinski definition) is 3. The third-order valence-electron chi connectivity index (χ3n) is 2.64. The molecule has 0 fully saturated rings. The van der Waals surface area contributed by atoms with Crippen molar-refractivity contribution in [3.8, 4) is 0 Å². The van der Waals surface area contributed by atoms with E-state index in [9.17, 15) is 13.5 Å². The van der Waals surface area contributed by atoms with Crippen LogP contribution in [0.2, 0.25) is 0 Å². The average Bonchev–Trinajstić information content (AvgIpc) is 2.26. The van der Waals surface area contributed by atoms with Gasteiger partial charge in [-0.3, -0.25) is 0 Å². The van der Waals surface area contributed by atoms with E-state index in [0.29, 0.717) is 5.56 Å². The van der Waals surface area contributed by atoms with Gasteiger partial charge in [0.15, 0.2) is 0 Å². The molecule has 1 unspecified atom stereocenters. The van der Waals surface area contributed by atoms with E-state index in [0.717, 1.165) is 17.0 Å². The Labute approximate surface area is 101 Å². The highest BCUT2D eigenvalue weighted by atomic mass is 32.2. The SMILES string of the molecule is CS(=O)(=O)CC(O)c1cccc2ccccc12. The smallest absolute Gasteiger partial charge is 0.150 e. The second-order valence-electron chi connectivity index (χ2n) is 4.18. The van der Waals surface area contributed by atoms with Crippen molar-refractivity contribution in [1.82, 2.24) is 0 Å². The number of aliphatic hydroxyl groups excluding tert-OH is 1. The van der Waals surface area contributed by atoms with E-state index in [1.54, 1.807) is 6.07 Å². The first-order valence-corrected chi connectivity index (χ1v) is 7.37. The van der Waals surface area contributed by atoms with E-state index in [4.69, 9.17) is 0 Å². The third-order valence-corrected chi connectivity index (χ3v) is 3.56. The minimum absolute atomic E-state index is 0.249. The van der Waals surface area contributed by atoms with Gasteiger partial charge in [-0.15, -0.1) is 0 Å². The highest BCUT2D eigenvalue weighted by Crippen LogP contribution is 2.24. The maximum atomic E-state index is 11.2. The Morgan fingerprint density at radius 2 is 1.76 bits per heavy atom. The molecule has 1 N–H and O–H groups in total. The molecule has 0 radical (unpaired) electrons. The zero-order valence-corrected chi connectivity index (χ0v) is 10.3. The molecular formula is C13H14O3S. The van der Waals surface area contributed by atoms with E-state index >= 15 is 0 Å². The molecule has 0 heterocycles. The maximum Gasteiger partial charge on any atom is 0.150 e. The molecule has 3 nitrogen and oxygen atoms in total. The molecule has 0 saturated heterocycles. The lowest BCUT2D eigenvalue weighted by Gasteiger charge is -2.12. The standard InChI is InChI=1S/C13H14O3S/c1-17(15,16)9-13(14)12-8-4-6-10-5-2-3-7-11(10)12/h2-8,13-14H,9H2,1H3. The third kappa shape index (κ3) is 2.84. The van der Waals surface area contributed by atoms with Crippen LogP contribution in [0.3, 0.4) is 0 Å². The topological polar surface area (TPSA) is 54.4 Å². The van der Waals surface area contributed by atoms with E-state index < -0.39 is 15.9 Å². The summed E-state index contributed by atoms with van der Waals surface area (Å²) in [6.07, 6.45) is 0.151. The zero-order valence-electron chi connectivity index (χ0n) is 9.50. The van der Waals surface area contributed by atoms with Gasteiger partial charge in [-0.2, -0.15) is 0 Å². The van der Waals surface area contributed by atoms with Crippen molar-refractivity contribution in [1.29, 1.82) is 0 Å². The normalized spacial score (nSPS) is 13.8. The van der Waals surface area contributed by atoms with Crippen molar-refractivity contribution < 1.29 is 13.5 Å². The van der Waals surface area contributed by atoms with E-state index in [2.05, 4.69) is 0 Å². The lowest BCUT2D eigenvalue weighted by Crippen LogP contribution is -2.13. The molecule has 2 aromatic carbocycles. The van der Waals surface area contributed by atoms with Crippen LogP contribution in [0.15, 0.2) is 42.5 Å². The van der Waals surface area contributed by atoms with Gasteiger partial charge in [0.05, 0.1) is 11.9 Å². The van der Waals surface area contributed by atoms with Gasteiger partial charge in [-0.1, -0.05) is 42.5 Å². The summed E-state index contributed by atoms with van der Waals surface area (Å²) < 4.78 is 22.4. The van der Waals surface area contributed by atoms with Crippen molar-refractivity contribution >= 4 is 20.6 Å². The van der Waals surface area contributed by atoms with Crippen molar-refractivity contribution in [2.24, 2.45) is 0 Å². The molecule has 90 valence electrons. The summed E-state index contributed by atoms with van der Waals surface area (Å²) >= 11 is 0. The van der Waals surface area contributed by atoms with Gasteiger partial charge < -0.3 is 5.11 Å². The Morgan fingerprint density at radius 3 is 2.47 bits per heavy atom. The second-order valence-corrected chi connectivity index (χ2v) is 6.36. The summed E-state index contributed by atoms with van der Waals surface area (Å²) in [6, 6.07) is 13.1. The molecule has 4 heteroatoms. The fourth-order valence-electron chi connectivity index (χ4n) is 1.92. The maximum absolute atomic E-state index is 11.2. The van der Waals surface area contributed by atoms with E-state index in [-0.39, 0.29) is 5.75 Å². The minimum atomic E-state index is -3.19. The molecule has 17 heavy (non-hydrogen) atoms. The number of rotatable bonds is 3. The predicted octanol–water partition coefficient (Wildman–Crippen LogP) is 1.92. The molecule has 0 aliphatic heterocycles. The highest BCUT2D eigenvalue weighted by molar-refractivity contribution is 7.90. The molecule has 0 aliphatic rings. The Kier molecular flexibility index (Phi) is 3.17. The van der Waals surface area contributed by atoms with Crippen LogP contribution in [-0.2, 0) is 9.84 Å². The van der Waals surface area contributed by atoms with Gasteiger partial charge in [0.1, 0.15) is 9.84 Å². The number of fused-ring (bicyclic) bond motifs is 1. The van der Waals surface area contributed by atoms with E-state index in [1.165, 1.54) is 0 Å². The van der Waals surface area contributed by atoms with Crippen LogP contribution in [-0.4, -0.2) is 25.5 Å². The zero-order chi connectivity index (χ0) is 12.5. The molecule has 0 aliphatic carbocycles. The molecule has 2 rings (SSSR count). The van der Waals surface area contributed by atoms with Crippen molar-refractivity contribution in [2.75, 3.05) is 12.0 Å². The first-order chi connectivity index (χ1) is 7.97. The first kappa shape index (κ1) is 12.1. The lowest BCUT2D eigenvalue weighted by molar-refractivity contribution is 0.203. The Balaban J connectivity index is 2.48. The van der Waals surface area contributed by atoms with Crippen molar-refractivity contribution in [2.45, 2.75) is 6.10 Å². The van der Waals surface area contributed by atoms with Gasteiger partial charge in [0.2, 0.25) is 0 Å². The second kappa shape index (κ2) is 4.47. The van der Waals surface area contributed by atoms with Gasteiger partial charge in [-0.05, 0) is 16.3 Å². The van der Waals surface area contributed by atoms with Crippen molar-refractivity contribution in [3.63, 3.8) is 0 Å². The first-order valence-electron chi connectivity index (χ1n) is 5.31. The number of aliphatic hydroxyl groups is 1. The number of sulfone groups is 1. The van der Waals surface area contributed by atoms with Crippen LogP contribution in [0.1, 0.15) is 11.7 Å². The van der Waals surface area contributed by atoms with Gasteiger partial charge in [0.25, 0.3) is 0 Å². The fraction of sp³-hybridized carbons (Fsp3) is 0.231. The Bertz CT molecular complexity index is 627. The quantitative estimate of drug-likeness (QED) is 0.905. The largest absolute Gasteiger partial charge is 0.387 e. The average molecular weight is 250 g/mol. The summed E-state index contributed by atoms with van der Waals surface area (Å²) in [4.78, 5) is 0. The fourth-order valence-corrected chi connectivity index (χ4v) is 2.67. The predicted molar refractivity (Wildman–Crippen MR) is 68.6 cm³/mol. The summed E-state index contributed by atoms with van der Waals surface area (Å²) in [6.45, 7) is 0. The summed E-state index contributed by atoms with van der Waals surface area (Å²) in [5, 5.41) is 11.9. The molecular weight excluding hydrogens is 236 g/mol. The Morgan fingerprint density at radius 1 is 1.12 bits per heavy atom. The van der Waals surface area contributed by atoms with Gasteiger partial charge >= 0.3 is 0 Å². The van der Waals surface area contributed by atoms with Crippen LogP contribution in [0.5, 0.6) is 0 Å². The Hall–Kier alpha value is -1.39. The molecule has 0 amide bonds. The highest BCUT2D eigenvalue weighted by Gasteiger charge is 2.16. The summed E-state index contributed by atoms with van der Waals surface area (Å²) in [5.41, 5.74) is 0.661. The monoisotopic (exact) mass is 250 g/mol. The lowest BCUT2D eigenvalue weighted by atomic mass is 10.0. The van der Waals surface area contributed by atoms with Gasteiger partial charge in [0, 0.05) is 6.26 Å². The molecule has 1 atom stereocenters. The van der Waals surface area contributed by atoms with Crippen LogP contribution < -0.4 is 0 Å². The van der Waals surface area contributed by atoms with Crippen LogP contribution in [0.25, 0.3) is 10.8 Å².